The number of thiocarbonyl (C=S) groups is 1. The highest BCUT2D eigenvalue weighted by molar-refractivity contribution is 7.99. The van der Waals surface area contributed by atoms with Crippen molar-refractivity contribution >= 4 is 40.9 Å². The number of aromatic nitrogens is 4. The van der Waals surface area contributed by atoms with E-state index < -0.39 is 0 Å². The summed E-state index contributed by atoms with van der Waals surface area (Å²) in [7, 11) is 0. The van der Waals surface area contributed by atoms with Gasteiger partial charge in [-0.3, -0.25) is 0 Å². The molecule has 2 aromatic heterocycles. The van der Waals surface area contributed by atoms with Crippen LogP contribution >= 0.6 is 24.0 Å². The molecule has 0 spiro atoms. The van der Waals surface area contributed by atoms with E-state index in [1.54, 1.807) is 18.5 Å². The lowest BCUT2D eigenvalue weighted by molar-refractivity contribution is 0.444. The van der Waals surface area contributed by atoms with E-state index in [-0.39, 0.29) is 0 Å². The van der Waals surface area contributed by atoms with Gasteiger partial charge in [0.2, 0.25) is 5.95 Å². The van der Waals surface area contributed by atoms with E-state index in [2.05, 4.69) is 61.7 Å². The van der Waals surface area contributed by atoms with Crippen LogP contribution in [0.5, 0.6) is 0 Å². The maximum absolute atomic E-state index is 5.51. The van der Waals surface area contributed by atoms with E-state index >= 15 is 0 Å². The first-order chi connectivity index (χ1) is 16.2. The zero-order valence-electron chi connectivity index (χ0n) is 18.8. The average Bonchev–Trinajstić information content (AvgIpc) is 2.83. The molecule has 0 amide bonds. The van der Waals surface area contributed by atoms with Crippen LogP contribution in [0.4, 0.5) is 11.8 Å². The van der Waals surface area contributed by atoms with Crippen LogP contribution in [-0.2, 0) is 6.42 Å². The van der Waals surface area contributed by atoms with Gasteiger partial charge in [-0.25, -0.2) is 15.0 Å². The predicted octanol–water partition coefficient (Wildman–Crippen LogP) is 4.57. The van der Waals surface area contributed by atoms with Gasteiger partial charge in [-0.05, 0) is 67.2 Å². The molecule has 1 fully saturated rings. The molecular weight excluding hydrogens is 450 g/mol. The van der Waals surface area contributed by atoms with E-state index in [0.717, 1.165) is 43.3 Å². The van der Waals surface area contributed by atoms with Crippen LogP contribution in [0, 0.1) is 5.92 Å². The number of piperidine rings is 1. The quantitative estimate of drug-likeness (QED) is 0.209. The normalized spacial score (nSPS) is 15.8. The highest BCUT2D eigenvalue weighted by Crippen LogP contribution is 2.29. The van der Waals surface area contributed by atoms with Crippen molar-refractivity contribution in [3.8, 4) is 0 Å². The van der Waals surface area contributed by atoms with E-state index in [4.69, 9.17) is 17.2 Å². The van der Waals surface area contributed by atoms with Crippen molar-refractivity contribution in [3.63, 3.8) is 0 Å². The van der Waals surface area contributed by atoms with Crippen LogP contribution in [0.15, 0.2) is 65.0 Å². The van der Waals surface area contributed by atoms with Crippen molar-refractivity contribution < 1.29 is 0 Å². The Hall–Kier alpha value is -2.78. The van der Waals surface area contributed by atoms with Gasteiger partial charge >= 0.3 is 0 Å². The van der Waals surface area contributed by atoms with Crippen molar-refractivity contribution in [1.82, 2.24) is 25.3 Å². The summed E-state index contributed by atoms with van der Waals surface area (Å²) in [5.41, 5.74) is 1.33. The molecule has 0 radical (unpaired) electrons. The Labute approximate surface area is 204 Å². The average molecular weight is 480 g/mol. The summed E-state index contributed by atoms with van der Waals surface area (Å²) in [5, 5.41) is 8.42. The standard InChI is InChI=1S/C24H29N7S2/c1-18-8-6-15-31(17-18)20-16-21(33-24-26-13-7-14-27-24)29-22(28-20)30-23(32)25-12-5-11-19-9-3-2-4-10-19/h2-4,7,9-10,13-14,16,18H,5-6,8,11-12,15,17H2,1H3,(H2,25,28,29,30,32). The summed E-state index contributed by atoms with van der Waals surface area (Å²) in [4.78, 5) is 20.4. The number of anilines is 2. The van der Waals surface area contributed by atoms with Gasteiger partial charge in [-0.1, -0.05) is 37.3 Å². The van der Waals surface area contributed by atoms with Gasteiger partial charge in [0.15, 0.2) is 10.3 Å². The molecule has 4 rings (SSSR count). The molecule has 7 nitrogen and oxygen atoms in total. The lowest BCUT2D eigenvalue weighted by atomic mass is 10.0. The second-order valence-corrected chi connectivity index (χ2v) is 9.58. The second-order valence-electron chi connectivity index (χ2n) is 8.18. The summed E-state index contributed by atoms with van der Waals surface area (Å²) in [6.45, 7) is 5.05. The molecular formula is C24H29N7S2. The number of nitrogens with zero attached hydrogens (tertiary/aromatic N) is 5. The molecule has 172 valence electrons. The van der Waals surface area contributed by atoms with E-state index in [0.29, 0.717) is 22.1 Å². The molecule has 1 aliphatic heterocycles. The minimum Gasteiger partial charge on any atom is -0.362 e. The fourth-order valence-corrected chi connectivity index (χ4v) is 4.70. The van der Waals surface area contributed by atoms with Gasteiger partial charge in [0.25, 0.3) is 0 Å². The minimum atomic E-state index is 0.490. The third-order valence-corrected chi connectivity index (χ3v) is 6.46. The molecule has 2 N–H and O–H groups in total. The van der Waals surface area contributed by atoms with Crippen molar-refractivity contribution in [3.05, 3.63) is 60.4 Å². The van der Waals surface area contributed by atoms with Gasteiger partial charge in [0.05, 0.1) is 0 Å². The predicted molar refractivity (Wildman–Crippen MR) is 138 cm³/mol. The Kier molecular flexibility index (Phi) is 8.43. The highest BCUT2D eigenvalue weighted by atomic mass is 32.2. The topological polar surface area (TPSA) is 78.9 Å². The van der Waals surface area contributed by atoms with Gasteiger partial charge in [-0.2, -0.15) is 4.98 Å². The van der Waals surface area contributed by atoms with Gasteiger partial charge < -0.3 is 15.5 Å². The second kappa shape index (κ2) is 11.9. The number of aryl methyl sites for hydroxylation is 1. The van der Waals surface area contributed by atoms with E-state index in [9.17, 15) is 0 Å². The molecule has 33 heavy (non-hydrogen) atoms. The first-order valence-corrected chi connectivity index (χ1v) is 12.6. The number of hydrogen-bond donors (Lipinski definition) is 2. The van der Waals surface area contributed by atoms with Crippen molar-refractivity contribution in [2.24, 2.45) is 5.92 Å². The maximum atomic E-state index is 5.51. The molecule has 9 heteroatoms. The summed E-state index contributed by atoms with van der Waals surface area (Å²) in [6, 6.07) is 14.3. The van der Waals surface area contributed by atoms with Crippen LogP contribution in [0.1, 0.15) is 31.7 Å². The first kappa shape index (κ1) is 23.4. The zero-order chi connectivity index (χ0) is 22.9. The van der Waals surface area contributed by atoms with E-state index in [1.807, 2.05) is 12.1 Å². The highest BCUT2D eigenvalue weighted by Gasteiger charge is 2.20. The molecule has 3 aromatic rings. The molecule has 3 heterocycles. The summed E-state index contributed by atoms with van der Waals surface area (Å²) >= 11 is 6.93. The Morgan fingerprint density at radius 3 is 2.76 bits per heavy atom. The maximum Gasteiger partial charge on any atom is 0.232 e. The lowest BCUT2D eigenvalue weighted by Gasteiger charge is -2.32. The summed E-state index contributed by atoms with van der Waals surface area (Å²) < 4.78 is 0. The SMILES string of the molecule is CC1CCCN(c2cc(Sc3ncccn3)nc(NC(=S)NCCCc3ccccc3)n2)C1. The Balaban J connectivity index is 1.41. The van der Waals surface area contributed by atoms with Crippen LogP contribution < -0.4 is 15.5 Å². The van der Waals surface area contributed by atoms with Crippen LogP contribution in [0.25, 0.3) is 0 Å². The third kappa shape index (κ3) is 7.36. The zero-order valence-corrected chi connectivity index (χ0v) is 20.4. The molecule has 0 aliphatic carbocycles. The van der Waals surface area contributed by atoms with Crippen LogP contribution in [-0.4, -0.2) is 44.7 Å². The molecule has 0 saturated carbocycles. The summed E-state index contributed by atoms with van der Waals surface area (Å²) in [6.07, 6.45) is 7.88. The van der Waals surface area contributed by atoms with Crippen molar-refractivity contribution in [2.45, 2.75) is 42.8 Å². The Bertz CT molecular complexity index is 1030. The molecule has 1 saturated heterocycles. The number of benzene rings is 1. The lowest BCUT2D eigenvalue weighted by Crippen LogP contribution is -2.35. The molecule has 1 unspecified atom stereocenters. The molecule has 0 bridgehead atoms. The largest absolute Gasteiger partial charge is 0.362 e. The van der Waals surface area contributed by atoms with Crippen molar-refractivity contribution in [1.29, 1.82) is 0 Å². The fraction of sp³-hybridized carbons (Fsp3) is 0.375. The van der Waals surface area contributed by atoms with Crippen LogP contribution in [0.3, 0.4) is 0 Å². The Morgan fingerprint density at radius 2 is 1.97 bits per heavy atom. The Morgan fingerprint density at radius 1 is 1.15 bits per heavy atom. The molecule has 1 atom stereocenters. The first-order valence-electron chi connectivity index (χ1n) is 11.3. The van der Waals surface area contributed by atoms with Gasteiger partial charge in [0.1, 0.15) is 10.8 Å². The van der Waals surface area contributed by atoms with E-state index in [1.165, 1.54) is 30.2 Å². The van der Waals surface area contributed by atoms with Crippen molar-refractivity contribution in [2.75, 3.05) is 29.9 Å². The van der Waals surface area contributed by atoms with Gasteiger partial charge in [0, 0.05) is 38.1 Å². The fourth-order valence-electron chi connectivity index (χ4n) is 3.80. The van der Waals surface area contributed by atoms with Gasteiger partial charge in [-0.15, -0.1) is 0 Å². The number of nitrogens with one attached hydrogen (secondary N) is 2. The third-order valence-electron chi connectivity index (χ3n) is 5.40. The summed E-state index contributed by atoms with van der Waals surface area (Å²) in [5.74, 6) is 2.04. The monoisotopic (exact) mass is 479 g/mol. The molecule has 1 aromatic carbocycles. The van der Waals surface area contributed by atoms with Crippen LogP contribution in [0.2, 0.25) is 0 Å². The number of rotatable bonds is 8. The molecule has 1 aliphatic rings. The smallest absolute Gasteiger partial charge is 0.232 e. The number of hydrogen-bond acceptors (Lipinski definition) is 7. The minimum absolute atomic E-state index is 0.490.